The highest BCUT2D eigenvalue weighted by Crippen LogP contribution is 2.45. The maximum absolute atomic E-state index is 9.15. The Kier molecular flexibility index (Phi) is 6.24. The van der Waals surface area contributed by atoms with E-state index in [4.69, 9.17) is 10.00 Å². The average Bonchev–Trinajstić information content (AvgIpc) is 2.94. The second kappa shape index (κ2) is 8.01. The fraction of sp³-hybridized carbons (Fsp3) is 0.381. The summed E-state index contributed by atoms with van der Waals surface area (Å²) in [6.07, 6.45) is 1.99. The molecule has 25 heavy (non-hydrogen) atoms. The van der Waals surface area contributed by atoms with Crippen LogP contribution in [-0.2, 0) is 16.9 Å². The van der Waals surface area contributed by atoms with Gasteiger partial charge in [0.15, 0.2) is 0 Å². The van der Waals surface area contributed by atoms with Gasteiger partial charge in [0.1, 0.15) is 5.60 Å². The number of rotatable bonds is 5. The molecule has 0 N–H and O–H groups in total. The molecular formula is C21H25ClN2O. The zero-order valence-corrected chi connectivity index (χ0v) is 15.9. The molecule has 0 bridgehead atoms. The standard InChI is InChI=1S/C21H24N2O.ClH/c1-16-5-8-19(9-6-16)21(11-4-12-23(2)3)20-10-7-17(14-22)13-18(20)15-24-21;/h5-10,13H,4,11-12,15H2,1-3H3;1H. The van der Waals surface area contributed by atoms with Crippen molar-refractivity contribution in [1.82, 2.24) is 4.90 Å². The summed E-state index contributed by atoms with van der Waals surface area (Å²) in [4.78, 5) is 2.21. The smallest absolute Gasteiger partial charge is 0.119 e. The van der Waals surface area contributed by atoms with E-state index in [9.17, 15) is 0 Å². The molecule has 0 aliphatic carbocycles. The van der Waals surface area contributed by atoms with Crippen molar-refractivity contribution < 1.29 is 4.74 Å². The van der Waals surface area contributed by atoms with Crippen LogP contribution < -0.4 is 0 Å². The molecule has 2 aromatic rings. The second-order valence-corrected chi connectivity index (χ2v) is 6.87. The summed E-state index contributed by atoms with van der Waals surface area (Å²) in [5.74, 6) is 0. The summed E-state index contributed by atoms with van der Waals surface area (Å²) in [7, 11) is 4.20. The summed E-state index contributed by atoms with van der Waals surface area (Å²) < 4.78 is 6.39. The number of nitrogens with zero attached hydrogens (tertiary/aromatic N) is 2. The Morgan fingerprint density at radius 1 is 1.16 bits per heavy atom. The van der Waals surface area contributed by atoms with Crippen molar-refractivity contribution in [2.45, 2.75) is 32.0 Å². The van der Waals surface area contributed by atoms with E-state index in [1.54, 1.807) is 0 Å². The Labute approximate surface area is 156 Å². The van der Waals surface area contributed by atoms with Gasteiger partial charge in [0.05, 0.1) is 18.2 Å². The second-order valence-electron chi connectivity index (χ2n) is 6.87. The Morgan fingerprint density at radius 2 is 1.88 bits per heavy atom. The molecule has 0 fully saturated rings. The van der Waals surface area contributed by atoms with Crippen LogP contribution >= 0.6 is 12.4 Å². The quantitative estimate of drug-likeness (QED) is 0.796. The van der Waals surface area contributed by atoms with E-state index in [2.05, 4.69) is 62.3 Å². The lowest BCUT2D eigenvalue weighted by Crippen LogP contribution is -2.28. The van der Waals surface area contributed by atoms with Gasteiger partial charge < -0.3 is 9.64 Å². The molecule has 0 aromatic heterocycles. The maximum atomic E-state index is 9.15. The van der Waals surface area contributed by atoms with E-state index in [-0.39, 0.29) is 12.4 Å². The van der Waals surface area contributed by atoms with Crippen LogP contribution in [0.25, 0.3) is 0 Å². The Morgan fingerprint density at radius 3 is 2.52 bits per heavy atom. The number of halogens is 1. The zero-order valence-electron chi connectivity index (χ0n) is 15.1. The maximum Gasteiger partial charge on any atom is 0.119 e. The normalized spacial score (nSPS) is 18.5. The van der Waals surface area contributed by atoms with Gasteiger partial charge in [-0.15, -0.1) is 12.4 Å². The molecule has 0 saturated heterocycles. The highest BCUT2D eigenvalue weighted by atomic mass is 35.5. The number of ether oxygens (including phenoxy) is 1. The third-order valence-corrected chi connectivity index (χ3v) is 4.80. The molecule has 1 unspecified atom stereocenters. The number of aryl methyl sites for hydroxylation is 1. The summed E-state index contributed by atoms with van der Waals surface area (Å²) in [6, 6.07) is 16.8. The molecule has 0 radical (unpaired) electrons. The summed E-state index contributed by atoms with van der Waals surface area (Å²) in [6.45, 7) is 3.70. The van der Waals surface area contributed by atoms with Crippen molar-refractivity contribution in [2.75, 3.05) is 20.6 Å². The first-order chi connectivity index (χ1) is 11.5. The third-order valence-electron chi connectivity index (χ3n) is 4.80. The predicted octanol–water partition coefficient (Wildman–Crippen LogP) is 4.40. The molecule has 4 heteroatoms. The number of nitriles is 1. The first kappa shape index (κ1) is 19.5. The molecular weight excluding hydrogens is 332 g/mol. The SMILES string of the molecule is Cc1ccc(C2(CCCN(C)C)OCc3cc(C#N)ccc32)cc1.Cl. The van der Waals surface area contributed by atoms with Crippen LogP contribution in [0.3, 0.4) is 0 Å². The van der Waals surface area contributed by atoms with E-state index in [0.29, 0.717) is 12.2 Å². The molecule has 0 spiro atoms. The van der Waals surface area contributed by atoms with Crippen molar-refractivity contribution in [2.24, 2.45) is 0 Å². The van der Waals surface area contributed by atoms with Gasteiger partial charge in [-0.3, -0.25) is 0 Å². The topological polar surface area (TPSA) is 36.3 Å². The van der Waals surface area contributed by atoms with Crippen LogP contribution in [0.1, 0.15) is 40.7 Å². The van der Waals surface area contributed by atoms with Crippen LogP contribution in [0.2, 0.25) is 0 Å². The first-order valence-electron chi connectivity index (χ1n) is 8.44. The van der Waals surface area contributed by atoms with Gasteiger partial charge in [0.2, 0.25) is 0 Å². The van der Waals surface area contributed by atoms with Crippen LogP contribution in [0, 0.1) is 18.3 Å². The van der Waals surface area contributed by atoms with Crippen molar-refractivity contribution in [1.29, 1.82) is 5.26 Å². The molecule has 1 heterocycles. The number of hydrogen-bond donors (Lipinski definition) is 0. The van der Waals surface area contributed by atoms with E-state index in [0.717, 1.165) is 24.9 Å². The minimum atomic E-state index is -0.396. The fourth-order valence-corrected chi connectivity index (χ4v) is 3.51. The summed E-state index contributed by atoms with van der Waals surface area (Å²) in [5.41, 5.74) is 5.11. The van der Waals surface area contributed by atoms with Crippen LogP contribution in [0.15, 0.2) is 42.5 Å². The lowest BCUT2D eigenvalue weighted by atomic mass is 9.81. The molecule has 3 rings (SSSR count). The third kappa shape index (κ3) is 3.88. The molecule has 1 aliphatic rings. The van der Waals surface area contributed by atoms with Crippen LogP contribution in [-0.4, -0.2) is 25.5 Å². The van der Waals surface area contributed by atoms with E-state index in [1.165, 1.54) is 16.7 Å². The van der Waals surface area contributed by atoms with E-state index in [1.807, 2.05) is 12.1 Å². The largest absolute Gasteiger partial charge is 0.361 e. The Hall–Kier alpha value is -1.86. The van der Waals surface area contributed by atoms with Gasteiger partial charge in [-0.05, 0) is 69.2 Å². The highest BCUT2D eigenvalue weighted by molar-refractivity contribution is 5.85. The van der Waals surface area contributed by atoms with Gasteiger partial charge in [-0.1, -0.05) is 35.9 Å². The lowest BCUT2D eigenvalue weighted by molar-refractivity contribution is -0.0139. The predicted molar refractivity (Wildman–Crippen MR) is 103 cm³/mol. The minimum Gasteiger partial charge on any atom is -0.361 e. The van der Waals surface area contributed by atoms with E-state index >= 15 is 0 Å². The van der Waals surface area contributed by atoms with Crippen molar-refractivity contribution in [3.8, 4) is 6.07 Å². The molecule has 132 valence electrons. The number of fused-ring (bicyclic) bond motifs is 1. The highest BCUT2D eigenvalue weighted by Gasteiger charge is 2.41. The number of benzene rings is 2. The van der Waals surface area contributed by atoms with Gasteiger partial charge in [-0.2, -0.15) is 5.26 Å². The van der Waals surface area contributed by atoms with Crippen molar-refractivity contribution in [3.05, 3.63) is 70.3 Å². The first-order valence-corrected chi connectivity index (χ1v) is 8.44. The molecule has 1 atom stereocenters. The number of hydrogen-bond acceptors (Lipinski definition) is 3. The van der Waals surface area contributed by atoms with Crippen molar-refractivity contribution >= 4 is 12.4 Å². The molecule has 2 aromatic carbocycles. The van der Waals surface area contributed by atoms with Gasteiger partial charge in [-0.25, -0.2) is 0 Å². The summed E-state index contributed by atoms with van der Waals surface area (Å²) >= 11 is 0. The molecule has 1 aliphatic heterocycles. The van der Waals surface area contributed by atoms with Crippen molar-refractivity contribution in [3.63, 3.8) is 0 Å². The zero-order chi connectivity index (χ0) is 17.2. The van der Waals surface area contributed by atoms with Crippen LogP contribution in [0.5, 0.6) is 0 Å². The fourth-order valence-electron chi connectivity index (χ4n) is 3.51. The van der Waals surface area contributed by atoms with Gasteiger partial charge in [0.25, 0.3) is 0 Å². The molecule has 0 amide bonds. The summed E-state index contributed by atoms with van der Waals surface area (Å²) in [5, 5.41) is 9.15. The van der Waals surface area contributed by atoms with Crippen LogP contribution in [0.4, 0.5) is 0 Å². The average molecular weight is 357 g/mol. The molecule has 3 nitrogen and oxygen atoms in total. The van der Waals surface area contributed by atoms with E-state index < -0.39 is 5.60 Å². The minimum absolute atomic E-state index is 0. The Bertz CT molecular complexity index is 764. The molecule has 0 saturated carbocycles. The Balaban J connectivity index is 0.00000225. The lowest BCUT2D eigenvalue weighted by Gasteiger charge is -2.31. The monoisotopic (exact) mass is 356 g/mol. The van der Waals surface area contributed by atoms with Gasteiger partial charge in [0, 0.05) is 0 Å². The van der Waals surface area contributed by atoms with Gasteiger partial charge >= 0.3 is 0 Å².